The van der Waals surface area contributed by atoms with Gasteiger partial charge in [0.25, 0.3) is 5.91 Å². The largest absolute Gasteiger partial charge is 0.461 e. The summed E-state index contributed by atoms with van der Waals surface area (Å²) >= 11 is 6.90. The Morgan fingerprint density at radius 2 is 2.04 bits per heavy atom. The first-order chi connectivity index (χ1) is 13.3. The molecule has 1 aromatic carbocycles. The SMILES string of the molecule is CCOC(=O)c1nnsc1NC(=O)c1cc(S(=O)(=O)N2CCCC2)ccc1Cl. The van der Waals surface area contributed by atoms with Crippen molar-refractivity contribution >= 4 is 50.0 Å². The summed E-state index contributed by atoms with van der Waals surface area (Å²) in [6.45, 7) is 2.68. The molecule has 1 N–H and O–H groups in total. The summed E-state index contributed by atoms with van der Waals surface area (Å²) in [4.78, 5) is 24.5. The molecule has 0 spiro atoms. The molecule has 0 aliphatic carbocycles. The number of anilines is 1. The van der Waals surface area contributed by atoms with Gasteiger partial charge in [0.05, 0.1) is 22.1 Å². The first kappa shape index (κ1) is 20.6. The summed E-state index contributed by atoms with van der Waals surface area (Å²) in [6.07, 6.45) is 1.60. The van der Waals surface area contributed by atoms with E-state index in [4.69, 9.17) is 16.3 Å². The Kier molecular flexibility index (Phi) is 6.28. The number of nitrogens with zero attached hydrogens (tertiary/aromatic N) is 3. The number of aromatic nitrogens is 2. The number of hydrogen-bond donors (Lipinski definition) is 1. The second kappa shape index (κ2) is 8.52. The molecule has 3 rings (SSSR count). The van der Waals surface area contributed by atoms with Crippen molar-refractivity contribution in [3.05, 3.63) is 34.5 Å². The van der Waals surface area contributed by atoms with Crippen LogP contribution in [0, 0.1) is 0 Å². The number of ether oxygens (including phenoxy) is 1. The number of sulfonamides is 1. The molecule has 1 saturated heterocycles. The van der Waals surface area contributed by atoms with Crippen LogP contribution in [0.1, 0.15) is 40.6 Å². The zero-order chi connectivity index (χ0) is 20.3. The summed E-state index contributed by atoms with van der Waals surface area (Å²) in [6, 6.07) is 3.95. The van der Waals surface area contributed by atoms with E-state index < -0.39 is 21.9 Å². The monoisotopic (exact) mass is 444 g/mol. The minimum atomic E-state index is -3.70. The van der Waals surface area contributed by atoms with E-state index in [2.05, 4.69) is 14.9 Å². The normalized spacial score (nSPS) is 14.8. The maximum Gasteiger partial charge on any atom is 0.362 e. The Hall–Kier alpha value is -2.08. The maximum absolute atomic E-state index is 12.7. The summed E-state index contributed by atoms with van der Waals surface area (Å²) in [5.41, 5.74) is -0.165. The number of rotatable bonds is 6. The molecule has 0 saturated carbocycles. The van der Waals surface area contributed by atoms with E-state index in [-0.39, 0.29) is 32.8 Å². The Balaban J connectivity index is 1.87. The van der Waals surface area contributed by atoms with Gasteiger partial charge in [-0.15, -0.1) is 5.10 Å². The van der Waals surface area contributed by atoms with E-state index in [1.54, 1.807) is 6.92 Å². The lowest BCUT2D eigenvalue weighted by atomic mass is 10.2. The van der Waals surface area contributed by atoms with Crippen LogP contribution in [-0.2, 0) is 14.8 Å². The molecule has 28 heavy (non-hydrogen) atoms. The summed E-state index contributed by atoms with van der Waals surface area (Å²) < 4.78 is 35.3. The number of halogens is 1. The molecule has 1 amide bonds. The Morgan fingerprint density at radius 1 is 1.32 bits per heavy atom. The Bertz CT molecular complexity index is 1000. The van der Waals surface area contributed by atoms with Gasteiger partial charge in [0.2, 0.25) is 15.7 Å². The van der Waals surface area contributed by atoms with E-state index in [0.29, 0.717) is 13.1 Å². The molecule has 2 heterocycles. The third-order valence-corrected chi connectivity index (χ3v) is 6.93. The number of benzene rings is 1. The fourth-order valence-electron chi connectivity index (χ4n) is 2.69. The predicted octanol–water partition coefficient (Wildman–Crippen LogP) is 2.41. The van der Waals surface area contributed by atoms with E-state index >= 15 is 0 Å². The van der Waals surface area contributed by atoms with Crippen molar-refractivity contribution in [2.75, 3.05) is 25.0 Å². The lowest BCUT2D eigenvalue weighted by Gasteiger charge is -2.16. The molecule has 0 atom stereocenters. The van der Waals surface area contributed by atoms with Crippen LogP contribution in [0.25, 0.3) is 0 Å². The van der Waals surface area contributed by atoms with Crippen molar-refractivity contribution in [1.29, 1.82) is 0 Å². The van der Waals surface area contributed by atoms with E-state index in [1.807, 2.05) is 0 Å². The molecule has 9 nitrogen and oxygen atoms in total. The van der Waals surface area contributed by atoms with E-state index in [9.17, 15) is 18.0 Å². The van der Waals surface area contributed by atoms with Gasteiger partial charge in [0.15, 0.2) is 5.00 Å². The molecule has 1 aliphatic rings. The highest BCUT2D eigenvalue weighted by molar-refractivity contribution is 7.89. The average molecular weight is 445 g/mol. The van der Waals surface area contributed by atoms with Gasteiger partial charge in [0.1, 0.15) is 0 Å². The van der Waals surface area contributed by atoms with Crippen molar-refractivity contribution in [3.8, 4) is 0 Å². The van der Waals surface area contributed by atoms with Crippen LogP contribution >= 0.6 is 23.1 Å². The zero-order valence-corrected chi connectivity index (χ0v) is 17.2. The number of nitrogens with one attached hydrogen (secondary N) is 1. The third-order valence-electron chi connectivity index (χ3n) is 4.07. The third kappa shape index (κ3) is 4.17. The predicted molar refractivity (Wildman–Crippen MR) is 103 cm³/mol. The van der Waals surface area contributed by atoms with Crippen molar-refractivity contribution in [3.63, 3.8) is 0 Å². The fourth-order valence-corrected chi connectivity index (χ4v) is 4.99. The van der Waals surface area contributed by atoms with Crippen LogP contribution in [0.2, 0.25) is 5.02 Å². The highest BCUT2D eigenvalue weighted by Crippen LogP contribution is 2.27. The average Bonchev–Trinajstić information content (AvgIpc) is 3.34. The number of carbonyl (C=O) groups excluding carboxylic acids is 2. The van der Waals surface area contributed by atoms with Crippen molar-refractivity contribution in [1.82, 2.24) is 13.9 Å². The summed E-state index contributed by atoms with van der Waals surface area (Å²) in [7, 11) is -3.70. The van der Waals surface area contributed by atoms with E-state index in [0.717, 1.165) is 24.4 Å². The van der Waals surface area contributed by atoms with Crippen molar-refractivity contribution < 1.29 is 22.7 Å². The van der Waals surface area contributed by atoms with Crippen LogP contribution in [0.3, 0.4) is 0 Å². The van der Waals surface area contributed by atoms with Gasteiger partial charge in [-0.2, -0.15) is 4.31 Å². The molecule has 0 radical (unpaired) electrons. The molecule has 1 aliphatic heterocycles. The Labute approximate surface area is 170 Å². The minimum Gasteiger partial charge on any atom is -0.461 e. The second-order valence-corrected chi connectivity index (χ2v) is 8.98. The summed E-state index contributed by atoms with van der Waals surface area (Å²) in [5.74, 6) is -1.40. The number of esters is 1. The van der Waals surface area contributed by atoms with Gasteiger partial charge >= 0.3 is 5.97 Å². The second-order valence-electron chi connectivity index (χ2n) is 5.88. The standard InChI is InChI=1S/C16H17ClN4O5S2/c1-2-26-16(23)13-15(27-20-19-13)18-14(22)11-9-10(5-6-12(11)17)28(24,25)21-7-3-4-8-21/h5-6,9H,2-4,7-8H2,1H3,(H,18,22). The quantitative estimate of drug-likeness (QED) is 0.679. The first-order valence-electron chi connectivity index (χ1n) is 8.45. The van der Waals surface area contributed by atoms with Crippen molar-refractivity contribution in [2.45, 2.75) is 24.7 Å². The molecule has 0 unspecified atom stereocenters. The highest BCUT2D eigenvalue weighted by Gasteiger charge is 2.29. The molecular formula is C16H17ClN4O5S2. The number of hydrogen-bond acceptors (Lipinski definition) is 8. The highest BCUT2D eigenvalue weighted by atomic mass is 35.5. The molecule has 150 valence electrons. The van der Waals surface area contributed by atoms with Crippen LogP contribution in [-0.4, -0.2) is 53.9 Å². The number of amides is 1. The van der Waals surface area contributed by atoms with Gasteiger partial charge in [-0.3, -0.25) is 4.79 Å². The Morgan fingerprint density at radius 3 is 2.71 bits per heavy atom. The summed E-state index contributed by atoms with van der Waals surface area (Å²) in [5, 5.41) is 6.32. The van der Waals surface area contributed by atoms with Gasteiger partial charge in [-0.25, -0.2) is 13.2 Å². The lowest BCUT2D eigenvalue weighted by molar-refractivity contribution is 0.0520. The maximum atomic E-state index is 12.7. The topological polar surface area (TPSA) is 119 Å². The van der Waals surface area contributed by atoms with Gasteiger partial charge in [-0.05, 0) is 38.0 Å². The van der Waals surface area contributed by atoms with Crippen LogP contribution < -0.4 is 5.32 Å². The first-order valence-corrected chi connectivity index (χ1v) is 11.0. The van der Waals surface area contributed by atoms with Gasteiger partial charge in [0, 0.05) is 24.6 Å². The fraction of sp³-hybridized carbons (Fsp3) is 0.375. The molecule has 0 bridgehead atoms. The molecule has 2 aromatic rings. The smallest absolute Gasteiger partial charge is 0.362 e. The lowest BCUT2D eigenvalue weighted by Crippen LogP contribution is -2.28. The molecule has 12 heteroatoms. The molecule has 1 aromatic heterocycles. The molecule has 1 fully saturated rings. The van der Waals surface area contributed by atoms with Crippen LogP contribution in [0.15, 0.2) is 23.1 Å². The van der Waals surface area contributed by atoms with Gasteiger partial charge in [-0.1, -0.05) is 16.1 Å². The minimum absolute atomic E-state index is 0.0167. The van der Waals surface area contributed by atoms with Crippen LogP contribution in [0.5, 0.6) is 0 Å². The van der Waals surface area contributed by atoms with Crippen molar-refractivity contribution in [2.24, 2.45) is 0 Å². The van der Waals surface area contributed by atoms with E-state index in [1.165, 1.54) is 22.5 Å². The number of carbonyl (C=O) groups is 2. The zero-order valence-electron chi connectivity index (χ0n) is 14.8. The van der Waals surface area contributed by atoms with Crippen LogP contribution in [0.4, 0.5) is 5.00 Å². The molecular weight excluding hydrogens is 428 g/mol. The van der Waals surface area contributed by atoms with Gasteiger partial charge < -0.3 is 10.1 Å².